The van der Waals surface area contributed by atoms with Gasteiger partial charge in [0.1, 0.15) is 30.3 Å². The molecule has 7 heteroatoms. The molecule has 0 unspecified atom stereocenters. The predicted octanol–water partition coefficient (Wildman–Crippen LogP) is 1.82. The molecule has 1 saturated heterocycles. The number of hydrogen-bond acceptors (Lipinski definition) is 5. The van der Waals surface area contributed by atoms with E-state index in [-0.39, 0.29) is 18.8 Å². The molecule has 2 atom stereocenters. The van der Waals surface area contributed by atoms with Gasteiger partial charge in [0.05, 0.1) is 12.7 Å². The average Bonchev–Trinajstić information content (AvgIpc) is 2.88. The average molecular weight is 330 g/mol. The summed E-state index contributed by atoms with van der Waals surface area (Å²) in [5, 5.41) is 4.29. The molecule has 0 bridgehead atoms. The molecular formula is C17H18N2O5. The van der Waals surface area contributed by atoms with E-state index in [4.69, 9.17) is 19.9 Å². The Labute approximate surface area is 138 Å². The molecule has 1 aliphatic heterocycles. The van der Waals surface area contributed by atoms with Gasteiger partial charge in [0, 0.05) is 5.39 Å². The van der Waals surface area contributed by atoms with E-state index in [2.05, 4.69) is 5.32 Å². The van der Waals surface area contributed by atoms with Gasteiger partial charge in [-0.15, -0.1) is 0 Å². The van der Waals surface area contributed by atoms with E-state index in [1.165, 1.54) is 7.11 Å². The number of ether oxygens (including phenoxy) is 3. The number of fused-ring (bicyclic) bond motifs is 1. The van der Waals surface area contributed by atoms with Gasteiger partial charge in [-0.1, -0.05) is 12.1 Å². The van der Waals surface area contributed by atoms with Crippen molar-refractivity contribution in [2.24, 2.45) is 5.73 Å². The maximum Gasteiger partial charge on any atom is 0.407 e. The van der Waals surface area contributed by atoms with Crippen LogP contribution in [0, 0.1) is 0 Å². The highest BCUT2D eigenvalue weighted by Gasteiger charge is 2.31. The van der Waals surface area contributed by atoms with Crippen molar-refractivity contribution < 1.29 is 23.8 Å². The Morgan fingerprint density at radius 1 is 1.33 bits per heavy atom. The molecule has 7 nitrogen and oxygen atoms in total. The molecule has 0 aliphatic carbocycles. The second kappa shape index (κ2) is 6.27. The van der Waals surface area contributed by atoms with E-state index in [9.17, 15) is 9.59 Å². The van der Waals surface area contributed by atoms with Crippen LogP contribution < -0.4 is 20.5 Å². The maximum atomic E-state index is 11.5. The summed E-state index contributed by atoms with van der Waals surface area (Å²) in [6.45, 7) is 2.07. The van der Waals surface area contributed by atoms with Crippen molar-refractivity contribution >= 4 is 22.8 Å². The first-order valence-electron chi connectivity index (χ1n) is 7.50. The van der Waals surface area contributed by atoms with Crippen LogP contribution in [0.1, 0.15) is 17.3 Å². The monoisotopic (exact) mass is 330 g/mol. The van der Waals surface area contributed by atoms with Gasteiger partial charge in [-0.05, 0) is 30.5 Å². The van der Waals surface area contributed by atoms with Crippen LogP contribution in [0.3, 0.4) is 0 Å². The number of alkyl carbamates (subject to hydrolysis) is 1. The lowest BCUT2D eigenvalue weighted by Crippen LogP contribution is -2.35. The van der Waals surface area contributed by atoms with E-state index in [0.717, 1.165) is 10.8 Å². The minimum absolute atomic E-state index is 0.223. The fourth-order valence-electron chi connectivity index (χ4n) is 2.67. The molecule has 2 aromatic rings. The summed E-state index contributed by atoms with van der Waals surface area (Å²) >= 11 is 0. The second-order valence-corrected chi connectivity index (χ2v) is 5.57. The fraction of sp³-hybridized carbons (Fsp3) is 0.294. The third kappa shape index (κ3) is 2.92. The highest BCUT2D eigenvalue weighted by Crippen LogP contribution is 2.32. The number of rotatable bonds is 5. The van der Waals surface area contributed by atoms with Gasteiger partial charge >= 0.3 is 6.09 Å². The lowest BCUT2D eigenvalue weighted by atomic mass is 10.0. The van der Waals surface area contributed by atoms with Crippen LogP contribution in [0.4, 0.5) is 4.79 Å². The van der Waals surface area contributed by atoms with Crippen LogP contribution >= 0.6 is 0 Å². The number of carbonyl (C=O) groups excluding carboxylic acids is 2. The minimum atomic E-state index is -0.556. The Morgan fingerprint density at radius 2 is 2.12 bits per heavy atom. The van der Waals surface area contributed by atoms with Gasteiger partial charge < -0.3 is 25.3 Å². The van der Waals surface area contributed by atoms with Crippen molar-refractivity contribution in [3.8, 4) is 11.5 Å². The highest BCUT2D eigenvalue weighted by molar-refractivity contribution is 6.02. The normalized spacial score (nSPS) is 19.7. The van der Waals surface area contributed by atoms with Crippen LogP contribution in [0.25, 0.3) is 10.8 Å². The molecule has 3 N–H and O–H groups in total. The molecule has 0 spiro atoms. The SMILES string of the molecule is COc1cc2c(OC[C@H]3NC(=O)O[C@H]3C)cccc2cc1C(N)=O. The summed E-state index contributed by atoms with van der Waals surface area (Å²) in [5.41, 5.74) is 5.70. The third-order valence-electron chi connectivity index (χ3n) is 4.01. The standard InChI is InChI=1S/C17H18N2O5/c1-9-13(19-17(21)24-9)8-23-14-5-3-4-10-6-12(16(18)20)15(22-2)7-11(10)14/h3-7,9,13H,8H2,1-2H3,(H2,18,20)(H,19,21)/t9-,13+/m0/s1. The third-order valence-corrected chi connectivity index (χ3v) is 4.01. The lowest BCUT2D eigenvalue weighted by molar-refractivity contribution is 0.0997. The number of hydrogen-bond donors (Lipinski definition) is 2. The number of carbonyl (C=O) groups is 2. The number of nitrogens with one attached hydrogen (secondary N) is 1. The first-order chi connectivity index (χ1) is 11.5. The predicted molar refractivity (Wildman–Crippen MR) is 87.4 cm³/mol. The van der Waals surface area contributed by atoms with Crippen molar-refractivity contribution in [1.82, 2.24) is 5.32 Å². The quantitative estimate of drug-likeness (QED) is 0.871. The Kier molecular flexibility index (Phi) is 4.16. The second-order valence-electron chi connectivity index (χ2n) is 5.57. The summed E-state index contributed by atoms with van der Waals surface area (Å²) in [5.74, 6) is 0.451. The van der Waals surface area contributed by atoms with E-state index in [1.54, 1.807) is 19.1 Å². The van der Waals surface area contributed by atoms with Crippen molar-refractivity contribution in [2.75, 3.05) is 13.7 Å². The van der Waals surface area contributed by atoms with E-state index >= 15 is 0 Å². The Morgan fingerprint density at radius 3 is 2.75 bits per heavy atom. The molecule has 1 heterocycles. The first kappa shape index (κ1) is 15.9. The van der Waals surface area contributed by atoms with Gasteiger partial charge in [0.15, 0.2) is 0 Å². The largest absolute Gasteiger partial charge is 0.496 e. The van der Waals surface area contributed by atoms with E-state index < -0.39 is 12.0 Å². The zero-order valence-corrected chi connectivity index (χ0v) is 13.4. The zero-order valence-electron chi connectivity index (χ0n) is 13.4. The van der Waals surface area contributed by atoms with Gasteiger partial charge in [-0.3, -0.25) is 4.79 Å². The molecule has 0 saturated carbocycles. The number of amides is 2. The Balaban J connectivity index is 1.91. The molecule has 3 rings (SSSR count). The molecule has 126 valence electrons. The number of primary amides is 1. The van der Waals surface area contributed by atoms with Crippen molar-refractivity contribution in [1.29, 1.82) is 0 Å². The Bertz CT molecular complexity index is 805. The molecule has 0 radical (unpaired) electrons. The lowest BCUT2D eigenvalue weighted by Gasteiger charge is -2.16. The topological polar surface area (TPSA) is 99.9 Å². The van der Waals surface area contributed by atoms with Crippen LogP contribution in [-0.2, 0) is 4.74 Å². The van der Waals surface area contributed by atoms with E-state index in [0.29, 0.717) is 17.1 Å². The molecule has 0 aromatic heterocycles. The molecular weight excluding hydrogens is 312 g/mol. The summed E-state index contributed by atoms with van der Waals surface area (Å²) in [7, 11) is 1.48. The Hall–Kier alpha value is -2.96. The van der Waals surface area contributed by atoms with Crippen LogP contribution in [0.2, 0.25) is 0 Å². The van der Waals surface area contributed by atoms with Gasteiger partial charge in [-0.2, -0.15) is 0 Å². The molecule has 1 fully saturated rings. The van der Waals surface area contributed by atoms with Crippen LogP contribution in [-0.4, -0.2) is 37.9 Å². The molecule has 2 aromatic carbocycles. The van der Waals surface area contributed by atoms with Gasteiger partial charge in [0.25, 0.3) is 5.91 Å². The number of nitrogens with two attached hydrogens (primary N) is 1. The van der Waals surface area contributed by atoms with E-state index in [1.807, 2.05) is 18.2 Å². The minimum Gasteiger partial charge on any atom is -0.496 e. The highest BCUT2D eigenvalue weighted by atomic mass is 16.6. The molecule has 24 heavy (non-hydrogen) atoms. The summed E-state index contributed by atoms with van der Waals surface area (Å²) in [6, 6.07) is 8.66. The van der Waals surface area contributed by atoms with Gasteiger partial charge in [-0.25, -0.2) is 4.79 Å². The maximum absolute atomic E-state index is 11.5. The number of cyclic esters (lactones) is 1. The zero-order chi connectivity index (χ0) is 17.3. The van der Waals surface area contributed by atoms with Crippen LogP contribution in [0.5, 0.6) is 11.5 Å². The smallest absolute Gasteiger partial charge is 0.407 e. The van der Waals surface area contributed by atoms with Gasteiger partial charge in [0.2, 0.25) is 0 Å². The van der Waals surface area contributed by atoms with Crippen molar-refractivity contribution in [3.63, 3.8) is 0 Å². The molecule has 1 aliphatic rings. The van der Waals surface area contributed by atoms with Crippen molar-refractivity contribution in [2.45, 2.75) is 19.1 Å². The molecule has 2 amide bonds. The number of benzene rings is 2. The summed E-state index contributed by atoms with van der Waals surface area (Å²) in [6.07, 6.45) is -0.703. The number of methoxy groups -OCH3 is 1. The summed E-state index contributed by atoms with van der Waals surface area (Å²) < 4.78 is 16.1. The van der Waals surface area contributed by atoms with Crippen molar-refractivity contribution in [3.05, 3.63) is 35.9 Å². The first-order valence-corrected chi connectivity index (χ1v) is 7.50. The van der Waals surface area contributed by atoms with Crippen LogP contribution in [0.15, 0.2) is 30.3 Å². The fourth-order valence-corrected chi connectivity index (χ4v) is 2.67. The summed E-state index contributed by atoms with van der Waals surface area (Å²) in [4.78, 5) is 22.8.